The molecule has 1 aromatic heterocycles. The molecule has 2 heterocycles. The van der Waals surface area contributed by atoms with Gasteiger partial charge in [-0.1, -0.05) is 31.5 Å². The van der Waals surface area contributed by atoms with Crippen molar-refractivity contribution in [2.24, 2.45) is 0 Å². The number of nitrogens with one attached hydrogen (secondary N) is 1. The Morgan fingerprint density at radius 1 is 0.940 bits per heavy atom. The SMILES string of the molecule is COS(=O)(=O)C(C)(C)c1ccc2sc(C(=O)Nc3cc(Cl)cc(C(C)(C)c4cc(OCCN5CCOCC5)cc(OC(F)(F)F)c4)c3)cc2c1. The number of anilines is 1. The molecule has 270 valence electrons. The van der Waals surface area contributed by atoms with Crippen LogP contribution >= 0.6 is 22.9 Å². The maximum absolute atomic E-state index is 13.4. The zero-order valence-corrected chi connectivity index (χ0v) is 30.5. The van der Waals surface area contributed by atoms with Gasteiger partial charge < -0.3 is 19.5 Å². The fraction of sp³-hybridized carbons (Fsp3) is 0.400. The molecule has 0 unspecified atom stereocenters. The summed E-state index contributed by atoms with van der Waals surface area (Å²) in [6.45, 7) is 10.3. The normalized spacial score (nSPS) is 14.9. The number of carbonyl (C=O) groups excluding carboxylic acids is 1. The van der Waals surface area contributed by atoms with Gasteiger partial charge in [-0.15, -0.1) is 24.5 Å². The van der Waals surface area contributed by atoms with Gasteiger partial charge in [0.2, 0.25) is 0 Å². The average molecular weight is 755 g/mol. The summed E-state index contributed by atoms with van der Waals surface area (Å²) in [5.74, 6) is -0.620. The van der Waals surface area contributed by atoms with E-state index in [4.69, 9.17) is 25.3 Å². The Morgan fingerprint density at radius 2 is 1.62 bits per heavy atom. The van der Waals surface area contributed by atoms with Gasteiger partial charge in [-0.2, -0.15) is 8.42 Å². The molecule has 1 saturated heterocycles. The topological polar surface area (TPSA) is 103 Å². The molecule has 1 amide bonds. The third-order valence-electron chi connectivity index (χ3n) is 8.77. The third kappa shape index (κ3) is 8.72. The lowest BCUT2D eigenvalue weighted by atomic mass is 9.78. The van der Waals surface area contributed by atoms with E-state index in [1.165, 1.54) is 23.5 Å². The number of benzene rings is 3. The summed E-state index contributed by atoms with van der Waals surface area (Å²) in [4.78, 5) is 16.0. The molecule has 1 aliphatic heterocycles. The number of morpholine rings is 1. The zero-order valence-electron chi connectivity index (χ0n) is 28.1. The van der Waals surface area contributed by atoms with Crippen LogP contribution in [0, 0.1) is 0 Å². The van der Waals surface area contributed by atoms with Gasteiger partial charge >= 0.3 is 6.36 Å². The van der Waals surface area contributed by atoms with Crippen LogP contribution in [-0.2, 0) is 29.2 Å². The van der Waals surface area contributed by atoms with Gasteiger partial charge in [0.25, 0.3) is 16.0 Å². The Hall–Kier alpha value is -3.40. The van der Waals surface area contributed by atoms with Gasteiger partial charge in [0.15, 0.2) is 0 Å². The van der Waals surface area contributed by atoms with E-state index < -0.39 is 38.3 Å². The molecule has 15 heteroatoms. The van der Waals surface area contributed by atoms with Crippen molar-refractivity contribution in [2.75, 3.05) is 51.9 Å². The number of ether oxygens (including phenoxy) is 3. The Bertz CT molecular complexity index is 1970. The molecule has 0 atom stereocenters. The molecular weight excluding hydrogens is 717 g/mol. The second kappa shape index (κ2) is 14.7. The molecule has 1 aliphatic rings. The standard InChI is InChI=1S/C35H38ClF3N2O7S2/c1-33(2,25-18-28(21-29(19-25)48-35(37,38)39)47-13-10-41-8-11-46-12-9-41)24-16-26(36)20-27(17-24)40-32(42)31-15-22-14-23(6-7-30(22)49-31)34(3,4)50(43,44)45-5/h6-7,14-21H,8-13H2,1-5H3,(H,40,42). The van der Waals surface area contributed by atoms with Crippen LogP contribution in [0.4, 0.5) is 18.9 Å². The Labute approximate surface area is 298 Å². The first kappa shape index (κ1) is 37.8. The summed E-state index contributed by atoms with van der Waals surface area (Å²) in [6, 6.07) is 16.0. The van der Waals surface area contributed by atoms with E-state index in [2.05, 4.69) is 15.0 Å². The number of nitrogens with zero attached hydrogens (tertiary/aromatic N) is 1. The van der Waals surface area contributed by atoms with Gasteiger partial charge in [-0.05, 0) is 84.5 Å². The first-order chi connectivity index (χ1) is 23.4. The molecule has 0 bridgehead atoms. The molecule has 1 N–H and O–H groups in total. The van der Waals surface area contributed by atoms with Crippen molar-refractivity contribution in [3.63, 3.8) is 0 Å². The van der Waals surface area contributed by atoms with E-state index >= 15 is 0 Å². The predicted molar refractivity (Wildman–Crippen MR) is 188 cm³/mol. The minimum atomic E-state index is -4.91. The molecule has 50 heavy (non-hydrogen) atoms. The lowest BCUT2D eigenvalue weighted by Gasteiger charge is -2.29. The quantitative estimate of drug-likeness (QED) is 0.146. The molecule has 3 aromatic carbocycles. The van der Waals surface area contributed by atoms with Crippen LogP contribution in [0.15, 0.2) is 60.7 Å². The number of alkyl halides is 3. The highest BCUT2D eigenvalue weighted by Gasteiger charge is 2.37. The maximum atomic E-state index is 13.4. The second-order valence-electron chi connectivity index (χ2n) is 12.8. The van der Waals surface area contributed by atoms with Crippen LogP contribution in [0.5, 0.6) is 11.5 Å². The van der Waals surface area contributed by atoms with E-state index in [1.807, 2.05) is 13.8 Å². The largest absolute Gasteiger partial charge is 0.573 e. The summed E-state index contributed by atoms with van der Waals surface area (Å²) < 4.78 is 84.8. The van der Waals surface area contributed by atoms with E-state index in [1.54, 1.807) is 62.4 Å². The van der Waals surface area contributed by atoms with Crippen molar-refractivity contribution in [1.29, 1.82) is 0 Å². The maximum Gasteiger partial charge on any atom is 0.573 e. The van der Waals surface area contributed by atoms with Gasteiger partial charge in [-0.25, -0.2) is 0 Å². The van der Waals surface area contributed by atoms with Gasteiger partial charge in [-0.3, -0.25) is 13.9 Å². The van der Waals surface area contributed by atoms with Gasteiger partial charge in [0, 0.05) is 46.5 Å². The molecular formula is C35H38ClF3N2O7S2. The summed E-state index contributed by atoms with van der Waals surface area (Å²) in [5.41, 5.74) is 1.06. The molecule has 5 rings (SSSR count). The minimum Gasteiger partial charge on any atom is -0.492 e. The molecule has 0 saturated carbocycles. The highest BCUT2D eigenvalue weighted by molar-refractivity contribution is 7.87. The number of hydrogen-bond acceptors (Lipinski definition) is 9. The Kier molecular flexibility index (Phi) is 11.1. The highest BCUT2D eigenvalue weighted by Crippen LogP contribution is 2.40. The summed E-state index contributed by atoms with van der Waals surface area (Å²) in [7, 11) is -2.77. The number of halogens is 4. The molecule has 0 aliphatic carbocycles. The number of fused-ring (bicyclic) bond motifs is 1. The average Bonchev–Trinajstić information content (AvgIpc) is 3.48. The number of thiophene rings is 1. The van der Waals surface area contributed by atoms with E-state index in [0.29, 0.717) is 57.4 Å². The van der Waals surface area contributed by atoms with Crippen molar-refractivity contribution >= 4 is 54.7 Å². The van der Waals surface area contributed by atoms with Crippen molar-refractivity contribution in [1.82, 2.24) is 4.90 Å². The zero-order chi connectivity index (χ0) is 36.5. The number of rotatable bonds is 12. The fourth-order valence-corrected chi connectivity index (χ4v) is 7.60. The van der Waals surface area contributed by atoms with Crippen LogP contribution in [0.25, 0.3) is 10.1 Å². The summed E-state index contributed by atoms with van der Waals surface area (Å²) in [6.07, 6.45) is -4.91. The van der Waals surface area contributed by atoms with Crippen molar-refractivity contribution < 1.29 is 44.8 Å². The first-order valence-corrected chi connectivity index (χ1v) is 18.3. The van der Waals surface area contributed by atoms with E-state index in [9.17, 15) is 26.4 Å². The summed E-state index contributed by atoms with van der Waals surface area (Å²) in [5, 5.41) is 3.87. The van der Waals surface area contributed by atoms with E-state index in [0.717, 1.165) is 24.9 Å². The highest BCUT2D eigenvalue weighted by atomic mass is 35.5. The summed E-state index contributed by atoms with van der Waals surface area (Å²) >= 11 is 7.75. The van der Waals surface area contributed by atoms with Crippen molar-refractivity contribution in [2.45, 2.75) is 44.2 Å². The predicted octanol–water partition coefficient (Wildman–Crippen LogP) is 7.95. The molecule has 4 aromatic rings. The Morgan fingerprint density at radius 3 is 2.30 bits per heavy atom. The minimum absolute atomic E-state index is 0.217. The fourth-order valence-electron chi connectivity index (χ4n) is 5.59. The third-order valence-corrected chi connectivity index (χ3v) is 12.0. The molecule has 0 radical (unpaired) electrons. The van der Waals surface area contributed by atoms with Gasteiger partial charge in [0.05, 0.1) is 25.2 Å². The van der Waals surface area contributed by atoms with Gasteiger partial charge in [0.1, 0.15) is 22.9 Å². The monoisotopic (exact) mass is 754 g/mol. The van der Waals surface area contributed by atoms with Crippen LogP contribution in [0.1, 0.15) is 54.1 Å². The smallest absolute Gasteiger partial charge is 0.492 e. The van der Waals surface area contributed by atoms with E-state index in [-0.39, 0.29) is 12.4 Å². The van der Waals surface area contributed by atoms with Crippen LogP contribution < -0.4 is 14.8 Å². The number of amides is 1. The van der Waals surface area contributed by atoms with Crippen molar-refractivity contribution in [3.05, 3.63) is 87.3 Å². The first-order valence-electron chi connectivity index (χ1n) is 15.7. The van der Waals surface area contributed by atoms with Crippen molar-refractivity contribution in [3.8, 4) is 11.5 Å². The lowest BCUT2D eigenvalue weighted by Crippen LogP contribution is -2.38. The van der Waals surface area contributed by atoms with Crippen LogP contribution in [-0.4, -0.2) is 72.2 Å². The molecule has 9 nitrogen and oxygen atoms in total. The molecule has 0 spiro atoms. The second-order valence-corrected chi connectivity index (χ2v) is 16.6. The lowest BCUT2D eigenvalue weighted by molar-refractivity contribution is -0.274. The number of carbonyl (C=O) groups is 1. The van der Waals surface area contributed by atoms with Crippen LogP contribution in [0.3, 0.4) is 0 Å². The van der Waals surface area contributed by atoms with Crippen LogP contribution in [0.2, 0.25) is 5.02 Å². The number of hydrogen-bond donors (Lipinski definition) is 1. The molecule has 1 fully saturated rings. The Balaban J connectivity index is 1.39.